The number of carbonyl (C=O) groups is 1. The first-order valence-electron chi connectivity index (χ1n) is 10.9. The van der Waals surface area contributed by atoms with Gasteiger partial charge < -0.3 is 10.2 Å². The number of fused-ring (bicyclic) bond motifs is 1. The molecular formula is C21H29F3N6O. The maximum absolute atomic E-state index is 13.7. The van der Waals surface area contributed by atoms with Gasteiger partial charge >= 0.3 is 6.18 Å². The van der Waals surface area contributed by atoms with E-state index in [1.54, 1.807) is 11.0 Å². The van der Waals surface area contributed by atoms with E-state index in [1.807, 2.05) is 20.8 Å². The number of rotatable bonds is 4. The molecule has 1 amide bonds. The number of aryl methyl sites for hydroxylation is 2. The molecule has 0 saturated carbocycles. The topological polar surface area (TPSA) is 78.8 Å². The number of H-pyrrole nitrogens is 1. The van der Waals surface area contributed by atoms with Crippen LogP contribution < -0.4 is 5.32 Å². The molecule has 10 heteroatoms. The summed E-state index contributed by atoms with van der Waals surface area (Å²) in [5, 5.41) is 14.6. The number of hydrogen-bond donors (Lipinski definition) is 2. The van der Waals surface area contributed by atoms with Crippen LogP contribution in [-0.2, 0) is 11.2 Å². The van der Waals surface area contributed by atoms with Gasteiger partial charge in [0.15, 0.2) is 6.04 Å². The molecule has 2 aliphatic rings. The second kappa shape index (κ2) is 8.20. The lowest BCUT2D eigenvalue weighted by molar-refractivity contribution is -0.173. The number of aromatic amines is 1. The van der Waals surface area contributed by atoms with Gasteiger partial charge in [-0.25, -0.2) is 4.68 Å². The largest absolute Gasteiger partial charge is 0.410 e. The minimum absolute atomic E-state index is 0.0412. The Bertz CT molecular complexity index is 930. The van der Waals surface area contributed by atoms with Crippen LogP contribution in [0.1, 0.15) is 73.8 Å². The third-order valence-electron chi connectivity index (χ3n) is 6.55. The van der Waals surface area contributed by atoms with E-state index in [1.165, 1.54) is 0 Å². The monoisotopic (exact) mass is 438 g/mol. The normalized spacial score (nSPS) is 24.1. The molecule has 4 rings (SSSR count). The van der Waals surface area contributed by atoms with Crippen LogP contribution in [0.15, 0.2) is 6.07 Å². The standard InChI is InChI=1S/C21H29F3N6O/c1-4-14-9-18(21(22,23)24)30-19(25-14)11-16(28-30)17-7-5-6-8-29(17)20(31)10-15-12(2)26-27-13(15)3/h11,14,17-18,25H,4-10H2,1-3H3,(H,26,27). The minimum atomic E-state index is -4.37. The molecule has 2 aliphatic heterocycles. The summed E-state index contributed by atoms with van der Waals surface area (Å²) in [6.45, 7) is 6.19. The molecule has 0 aliphatic carbocycles. The highest BCUT2D eigenvalue weighted by molar-refractivity contribution is 5.80. The predicted octanol–water partition coefficient (Wildman–Crippen LogP) is 4.22. The number of carbonyl (C=O) groups excluding carboxylic acids is 1. The Morgan fingerprint density at radius 3 is 2.71 bits per heavy atom. The van der Waals surface area contributed by atoms with Crippen molar-refractivity contribution in [1.82, 2.24) is 24.9 Å². The molecule has 2 aromatic heterocycles. The summed E-state index contributed by atoms with van der Waals surface area (Å²) in [5.41, 5.74) is 3.06. The molecule has 2 aromatic rings. The third-order valence-corrected chi connectivity index (χ3v) is 6.55. The number of likely N-dealkylation sites (tertiary alicyclic amines) is 1. The van der Waals surface area contributed by atoms with Gasteiger partial charge in [-0.05, 0) is 46.0 Å². The van der Waals surface area contributed by atoms with Gasteiger partial charge in [0.2, 0.25) is 5.91 Å². The lowest BCUT2D eigenvalue weighted by atomic mass is 9.97. The molecule has 31 heavy (non-hydrogen) atoms. The van der Waals surface area contributed by atoms with Crippen molar-refractivity contribution in [2.45, 2.75) is 83.6 Å². The molecule has 0 radical (unpaired) electrons. The Hall–Kier alpha value is -2.52. The number of hydrogen-bond acceptors (Lipinski definition) is 4. The van der Waals surface area contributed by atoms with Crippen LogP contribution in [0.3, 0.4) is 0 Å². The van der Waals surface area contributed by atoms with Crippen LogP contribution in [0.2, 0.25) is 0 Å². The van der Waals surface area contributed by atoms with Gasteiger partial charge in [-0.2, -0.15) is 23.4 Å². The fourth-order valence-corrected chi connectivity index (χ4v) is 4.72. The Kier molecular flexibility index (Phi) is 5.74. The van der Waals surface area contributed by atoms with Crippen molar-refractivity contribution < 1.29 is 18.0 Å². The number of halogens is 3. The van der Waals surface area contributed by atoms with Crippen LogP contribution in [0.5, 0.6) is 0 Å². The lowest BCUT2D eigenvalue weighted by Gasteiger charge is -2.35. The minimum Gasteiger partial charge on any atom is -0.367 e. The summed E-state index contributed by atoms with van der Waals surface area (Å²) in [7, 11) is 0. The molecule has 2 N–H and O–H groups in total. The van der Waals surface area contributed by atoms with Crippen LogP contribution in [0.4, 0.5) is 19.0 Å². The van der Waals surface area contributed by atoms with Crippen molar-refractivity contribution in [3.8, 4) is 0 Å². The first-order valence-corrected chi connectivity index (χ1v) is 10.9. The predicted molar refractivity (Wildman–Crippen MR) is 110 cm³/mol. The maximum Gasteiger partial charge on any atom is 0.410 e. The second-order valence-corrected chi connectivity index (χ2v) is 8.63. The van der Waals surface area contributed by atoms with E-state index in [4.69, 9.17) is 0 Å². The first-order chi connectivity index (χ1) is 14.7. The number of anilines is 1. The van der Waals surface area contributed by atoms with Crippen molar-refractivity contribution in [2.75, 3.05) is 11.9 Å². The Morgan fingerprint density at radius 1 is 1.29 bits per heavy atom. The van der Waals surface area contributed by atoms with Gasteiger partial charge in [-0.1, -0.05) is 6.92 Å². The molecule has 0 bridgehead atoms. The van der Waals surface area contributed by atoms with E-state index in [2.05, 4.69) is 20.6 Å². The molecule has 1 fully saturated rings. The molecule has 3 atom stereocenters. The number of alkyl halides is 3. The van der Waals surface area contributed by atoms with E-state index in [0.717, 1.165) is 34.5 Å². The second-order valence-electron chi connectivity index (χ2n) is 8.63. The zero-order valence-corrected chi connectivity index (χ0v) is 18.1. The molecule has 3 unspecified atom stereocenters. The van der Waals surface area contributed by atoms with Crippen molar-refractivity contribution >= 4 is 11.7 Å². The lowest BCUT2D eigenvalue weighted by Crippen LogP contribution is -2.40. The number of nitrogens with zero attached hydrogens (tertiary/aromatic N) is 4. The molecule has 0 aromatic carbocycles. The zero-order chi connectivity index (χ0) is 22.3. The fraction of sp³-hybridized carbons (Fsp3) is 0.667. The Balaban J connectivity index is 1.62. The number of nitrogens with one attached hydrogen (secondary N) is 2. The average molecular weight is 438 g/mol. The quantitative estimate of drug-likeness (QED) is 0.749. The molecule has 7 nitrogen and oxygen atoms in total. The summed E-state index contributed by atoms with van der Waals surface area (Å²) in [4.78, 5) is 15.0. The van der Waals surface area contributed by atoms with Gasteiger partial charge in [-0.15, -0.1) is 0 Å². The highest BCUT2D eigenvalue weighted by Crippen LogP contribution is 2.42. The van der Waals surface area contributed by atoms with E-state index >= 15 is 0 Å². The number of piperidine rings is 1. The van der Waals surface area contributed by atoms with E-state index < -0.39 is 12.2 Å². The third kappa shape index (κ3) is 4.16. The van der Waals surface area contributed by atoms with Gasteiger partial charge in [0.1, 0.15) is 5.82 Å². The summed E-state index contributed by atoms with van der Waals surface area (Å²) < 4.78 is 42.2. The molecule has 1 saturated heterocycles. The number of aromatic nitrogens is 4. The maximum atomic E-state index is 13.7. The fourth-order valence-electron chi connectivity index (χ4n) is 4.72. The van der Waals surface area contributed by atoms with Gasteiger partial charge in [0, 0.05) is 29.9 Å². The zero-order valence-electron chi connectivity index (χ0n) is 18.1. The van der Waals surface area contributed by atoms with Gasteiger partial charge in [0.25, 0.3) is 0 Å². The van der Waals surface area contributed by atoms with Gasteiger partial charge in [-0.3, -0.25) is 9.89 Å². The highest BCUT2D eigenvalue weighted by Gasteiger charge is 2.46. The molecule has 0 spiro atoms. The smallest absolute Gasteiger partial charge is 0.367 e. The summed E-state index contributed by atoms with van der Waals surface area (Å²) in [6.07, 6.45) is -1.11. The van der Waals surface area contributed by atoms with Crippen molar-refractivity contribution in [1.29, 1.82) is 0 Å². The van der Waals surface area contributed by atoms with Crippen molar-refractivity contribution in [2.24, 2.45) is 0 Å². The molecule has 4 heterocycles. The first kappa shape index (κ1) is 21.7. The van der Waals surface area contributed by atoms with Crippen LogP contribution in [0.25, 0.3) is 0 Å². The van der Waals surface area contributed by atoms with Crippen LogP contribution in [0, 0.1) is 13.8 Å². The van der Waals surface area contributed by atoms with E-state index in [9.17, 15) is 18.0 Å². The Morgan fingerprint density at radius 2 is 2.06 bits per heavy atom. The molecule has 170 valence electrons. The van der Waals surface area contributed by atoms with Gasteiger partial charge in [0.05, 0.1) is 23.9 Å². The van der Waals surface area contributed by atoms with E-state index in [0.29, 0.717) is 30.9 Å². The van der Waals surface area contributed by atoms with E-state index in [-0.39, 0.29) is 30.8 Å². The molecular weight excluding hydrogens is 409 g/mol. The van der Waals surface area contributed by atoms with Crippen LogP contribution >= 0.6 is 0 Å². The van der Waals surface area contributed by atoms with Crippen LogP contribution in [-0.4, -0.2) is 49.5 Å². The number of amides is 1. The summed E-state index contributed by atoms with van der Waals surface area (Å²) >= 11 is 0. The highest BCUT2D eigenvalue weighted by atomic mass is 19.4. The Labute approximate surface area is 179 Å². The van der Waals surface area contributed by atoms with Crippen molar-refractivity contribution in [3.63, 3.8) is 0 Å². The summed E-state index contributed by atoms with van der Waals surface area (Å²) in [5.74, 6) is 0.338. The summed E-state index contributed by atoms with van der Waals surface area (Å²) in [6, 6.07) is -0.514. The van der Waals surface area contributed by atoms with Crippen molar-refractivity contribution in [3.05, 3.63) is 28.7 Å². The average Bonchev–Trinajstić information content (AvgIpc) is 3.30. The SMILES string of the molecule is CCC1CC(C(F)(F)F)n2nc(C3CCCCN3C(=O)Cc3c(C)n[nH]c3C)cc2N1.